The molecule has 1 aliphatic rings. The molecule has 1 unspecified atom stereocenters. The average molecular weight is 529 g/mol. The summed E-state index contributed by atoms with van der Waals surface area (Å²) in [5.74, 6) is 0.252. The summed E-state index contributed by atoms with van der Waals surface area (Å²) >= 11 is 7.03. The summed E-state index contributed by atoms with van der Waals surface area (Å²) in [4.78, 5) is 30.0. The molecule has 3 atom stereocenters. The Morgan fingerprint density at radius 2 is 2.08 bits per heavy atom. The van der Waals surface area contributed by atoms with Gasteiger partial charge >= 0.3 is 0 Å². The third kappa shape index (κ3) is 4.98. The highest BCUT2D eigenvalue weighted by atomic mass is 35.5. The Labute approximate surface area is 216 Å². The number of nitrogens with one attached hydrogen (secondary N) is 1. The molecule has 4 aromatic heterocycles. The van der Waals surface area contributed by atoms with Crippen LogP contribution in [0.2, 0.25) is 4.34 Å². The van der Waals surface area contributed by atoms with Crippen LogP contribution in [0.3, 0.4) is 0 Å². The van der Waals surface area contributed by atoms with Gasteiger partial charge in [-0.3, -0.25) is 9.78 Å². The third-order valence-electron chi connectivity index (χ3n) is 6.36. The van der Waals surface area contributed by atoms with Crippen molar-refractivity contribution in [2.75, 3.05) is 0 Å². The fraction of sp³-hybridized carbons (Fsp3) is 0.400. The molecule has 188 valence electrons. The zero-order chi connectivity index (χ0) is 25.4. The van der Waals surface area contributed by atoms with E-state index in [0.717, 1.165) is 35.5 Å². The minimum absolute atomic E-state index is 0.265. The van der Waals surface area contributed by atoms with Gasteiger partial charge in [-0.15, -0.1) is 0 Å². The maximum atomic E-state index is 13.8. The van der Waals surface area contributed by atoms with Crippen molar-refractivity contribution in [1.82, 2.24) is 29.8 Å². The number of thiazole rings is 1. The van der Waals surface area contributed by atoms with Gasteiger partial charge in [-0.25, -0.2) is 15.0 Å². The quantitative estimate of drug-likeness (QED) is 0.347. The second kappa shape index (κ2) is 10.2. The summed E-state index contributed by atoms with van der Waals surface area (Å²) in [6.07, 6.45) is 5.16. The number of pyridine rings is 2. The van der Waals surface area contributed by atoms with Gasteiger partial charge < -0.3 is 15.0 Å². The van der Waals surface area contributed by atoms with E-state index in [-0.39, 0.29) is 17.0 Å². The summed E-state index contributed by atoms with van der Waals surface area (Å²) in [6.45, 7) is 4.23. The van der Waals surface area contributed by atoms with E-state index >= 15 is 0 Å². The number of carbonyl (C=O) groups excluding carboxylic acids is 1. The Hall–Kier alpha value is -2.95. The first-order chi connectivity index (χ1) is 17.3. The van der Waals surface area contributed by atoms with Gasteiger partial charge in [0.15, 0.2) is 5.01 Å². The third-order valence-corrected chi connectivity index (χ3v) is 7.47. The molecule has 1 aliphatic carbocycles. The molecule has 8 nitrogen and oxygen atoms in total. The van der Waals surface area contributed by atoms with E-state index in [9.17, 15) is 14.3 Å². The van der Waals surface area contributed by atoms with E-state index in [1.807, 2.05) is 6.07 Å². The van der Waals surface area contributed by atoms with E-state index in [2.05, 4.69) is 38.7 Å². The van der Waals surface area contributed by atoms with Crippen molar-refractivity contribution in [2.45, 2.75) is 57.7 Å². The molecular weight excluding hydrogens is 503 g/mol. The van der Waals surface area contributed by atoms with Crippen molar-refractivity contribution in [3.63, 3.8) is 0 Å². The molecule has 1 saturated carbocycles. The van der Waals surface area contributed by atoms with Crippen molar-refractivity contribution in [3.05, 3.63) is 57.8 Å². The van der Waals surface area contributed by atoms with Gasteiger partial charge in [-0.1, -0.05) is 42.9 Å². The van der Waals surface area contributed by atoms with E-state index in [1.54, 1.807) is 18.3 Å². The SMILES string of the molecule is CC(C)Cc1nc2cnc(-c3cccc(F)n3)cc2n1C1CCC[C@@H](NC(=O)c2ncc(Cl)s2)[C@@H]1O. The summed E-state index contributed by atoms with van der Waals surface area (Å²) in [5, 5.41) is 14.7. The lowest BCUT2D eigenvalue weighted by Crippen LogP contribution is -2.49. The Morgan fingerprint density at radius 3 is 2.81 bits per heavy atom. The standard InChI is InChI=1S/C25H26ClFN6O2S/c1-13(2)9-22-31-17-11-28-16(14-5-4-8-21(27)30-14)10-19(17)33(22)18-7-3-6-15(23(18)34)32-24(35)25-29-12-20(26)36-25/h4-5,8,10-13,15,18,23,34H,3,6-7,9H2,1-2H3,(H,32,35)/t15-,18?,23+/m1/s1. The molecule has 0 aliphatic heterocycles. The minimum atomic E-state index is -0.842. The Morgan fingerprint density at radius 1 is 1.25 bits per heavy atom. The minimum Gasteiger partial charge on any atom is -0.389 e. The lowest BCUT2D eigenvalue weighted by Gasteiger charge is -2.37. The Kier molecular flexibility index (Phi) is 7.00. The Bertz CT molecular complexity index is 1410. The van der Waals surface area contributed by atoms with Crippen LogP contribution in [0.15, 0.2) is 36.7 Å². The van der Waals surface area contributed by atoms with Gasteiger partial charge in [-0.05, 0) is 43.4 Å². The maximum absolute atomic E-state index is 13.8. The molecule has 0 radical (unpaired) electrons. The molecule has 36 heavy (non-hydrogen) atoms. The lowest BCUT2D eigenvalue weighted by molar-refractivity contribution is 0.0402. The van der Waals surface area contributed by atoms with E-state index < -0.39 is 18.1 Å². The number of amides is 1. The number of aliphatic hydroxyl groups is 1. The van der Waals surface area contributed by atoms with Crippen LogP contribution < -0.4 is 5.32 Å². The number of carbonyl (C=O) groups is 1. The number of halogens is 2. The maximum Gasteiger partial charge on any atom is 0.280 e. The van der Waals surface area contributed by atoms with Crippen LogP contribution in [0, 0.1) is 11.9 Å². The predicted octanol–water partition coefficient (Wildman–Crippen LogP) is 4.83. The number of nitrogens with zero attached hydrogens (tertiary/aromatic N) is 5. The Balaban J connectivity index is 1.52. The number of aromatic nitrogens is 5. The van der Waals surface area contributed by atoms with E-state index in [0.29, 0.717) is 40.0 Å². The zero-order valence-electron chi connectivity index (χ0n) is 19.9. The van der Waals surface area contributed by atoms with Crippen LogP contribution >= 0.6 is 22.9 Å². The van der Waals surface area contributed by atoms with Crippen LogP contribution in [0.4, 0.5) is 4.39 Å². The van der Waals surface area contributed by atoms with Crippen molar-refractivity contribution < 1.29 is 14.3 Å². The molecule has 1 fully saturated rings. The summed E-state index contributed by atoms with van der Waals surface area (Å²) in [6, 6.07) is 5.69. The van der Waals surface area contributed by atoms with Gasteiger partial charge in [0.1, 0.15) is 15.7 Å². The highest BCUT2D eigenvalue weighted by molar-refractivity contribution is 7.17. The van der Waals surface area contributed by atoms with Crippen LogP contribution in [0.25, 0.3) is 22.4 Å². The largest absolute Gasteiger partial charge is 0.389 e. The molecule has 0 aromatic carbocycles. The van der Waals surface area contributed by atoms with Crippen molar-refractivity contribution in [1.29, 1.82) is 0 Å². The number of fused-ring (bicyclic) bond motifs is 1. The molecule has 0 bridgehead atoms. The molecule has 4 aromatic rings. The van der Waals surface area contributed by atoms with E-state index in [4.69, 9.17) is 16.6 Å². The molecule has 2 N–H and O–H groups in total. The average Bonchev–Trinajstić information content (AvgIpc) is 3.43. The summed E-state index contributed by atoms with van der Waals surface area (Å²) < 4.78 is 16.3. The van der Waals surface area contributed by atoms with Gasteiger partial charge in [0.05, 0.1) is 47.5 Å². The van der Waals surface area contributed by atoms with Crippen LogP contribution in [0.1, 0.15) is 54.8 Å². The number of imidazole rings is 1. The number of hydrogen-bond acceptors (Lipinski definition) is 7. The van der Waals surface area contributed by atoms with Crippen LogP contribution in [-0.2, 0) is 6.42 Å². The van der Waals surface area contributed by atoms with E-state index in [1.165, 1.54) is 12.3 Å². The first kappa shape index (κ1) is 24.7. The molecule has 0 saturated heterocycles. The first-order valence-corrected chi connectivity index (χ1v) is 13.1. The smallest absolute Gasteiger partial charge is 0.280 e. The highest BCUT2D eigenvalue weighted by Crippen LogP contribution is 2.35. The first-order valence-electron chi connectivity index (χ1n) is 11.9. The van der Waals surface area contributed by atoms with Gasteiger partial charge in [0.2, 0.25) is 5.95 Å². The monoisotopic (exact) mass is 528 g/mol. The zero-order valence-corrected chi connectivity index (χ0v) is 21.4. The number of hydrogen-bond donors (Lipinski definition) is 2. The molecule has 5 rings (SSSR count). The topological polar surface area (TPSA) is 106 Å². The summed E-state index contributed by atoms with van der Waals surface area (Å²) in [5.41, 5.74) is 2.44. The van der Waals surface area contributed by atoms with Crippen LogP contribution in [0.5, 0.6) is 0 Å². The highest BCUT2D eigenvalue weighted by Gasteiger charge is 2.36. The second-order valence-electron chi connectivity index (χ2n) is 9.44. The van der Waals surface area contributed by atoms with Crippen molar-refractivity contribution in [3.8, 4) is 11.4 Å². The van der Waals surface area contributed by atoms with Gasteiger partial charge in [0.25, 0.3) is 5.91 Å². The van der Waals surface area contributed by atoms with Crippen molar-refractivity contribution in [2.24, 2.45) is 5.92 Å². The molecule has 11 heteroatoms. The van der Waals surface area contributed by atoms with Gasteiger partial charge in [0, 0.05) is 6.42 Å². The molecular formula is C25H26ClFN6O2S. The molecule has 1 amide bonds. The van der Waals surface area contributed by atoms with Gasteiger partial charge in [-0.2, -0.15) is 4.39 Å². The fourth-order valence-electron chi connectivity index (χ4n) is 4.80. The predicted molar refractivity (Wildman–Crippen MR) is 137 cm³/mol. The fourth-order valence-corrected chi connectivity index (χ4v) is 5.62. The lowest BCUT2D eigenvalue weighted by atomic mass is 9.87. The normalized spacial score (nSPS) is 20.2. The summed E-state index contributed by atoms with van der Waals surface area (Å²) in [7, 11) is 0. The molecule has 0 spiro atoms. The number of rotatable bonds is 6. The van der Waals surface area contributed by atoms with Crippen LogP contribution in [-0.4, -0.2) is 47.7 Å². The second-order valence-corrected chi connectivity index (χ2v) is 11.1. The number of aliphatic hydroxyl groups excluding tert-OH is 1. The molecule has 4 heterocycles. The van der Waals surface area contributed by atoms with Crippen molar-refractivity contribution >= 4 is 39.9 Å².